The van der Waals surface area contributed by atoms with Gasteiger partial charge >= 0.3 is 0 Å². The number of para-hydroxylation sites is 1. The minimum absolute atomic E-state index is 0.0221. The van der Waals surface area contributed by atoms with Crippen LogP contribution in [0.25, 0.3) is 0 Å². The largest absolute Gasteiger partial charge is 0.481 e. The van der Waals surface area contributed by atoms with E-state index < -0.39 is 0 Å². The SMILES string of the molecule is Cc1ccc(N2CC(C(=O)NCC#CCOc3ccccc3C)CC2=O)cc1C. The van der Waals surface area contributed by atoms with Crippen LogP contribution in [0, 0.1) is 38.5 Å². The van der Waals surface area contributed by atoms with Gasteiger partial charge in [-0.15, -0.1) is 0 Å². The van der Waals surface area contributed by atoms with E-state index in [0.29, 0.717) is 6.54 Å². The molecule has 3 rings (SSSR count). The highest BCUT2D eigenvalue weighted by Crippen LogP contribution is 2.26. The zero-order valence-corrected chi connectivity index (χ0v) is 17.1. The zero-order chi connectivity index (χ0) is 20.8. The number of nitrogens with one attached hydrogen (secondary N) is 1. The Morgan fingerprint density at radius 3 is 2.66 bits per heavy atom. The number of benzene rings is 2. The Morgan fingerprint density at radius 1 is 1.10 bits per heavy atom. The monoisotopic (exact) mass is 390 g/mol. The minimum atomic E-state index is -0.353. The van der Waals surface area contributed by atoms with Crippen molar-refractivity contribution in [3.05, 3.63) is 59.2 Å². The van der Waals surface area contributed by atoms with E-state index in [4.69, 9.17) is 4.74 Å². The molecule has 1 saturated heterocycles. The number of hydrogen-bond donors (Lipinski definition) is 1. The van der Waals surface area contributed by atoms with Gasteiger partial charge in [-0.1, -0.05) is 36.1 Å². The molecule has 1 fully saturated rings. The average Bonchev–Trinajstić information content (AvgIpc) is 3.09. The van der Waals surface area contributed by atoms with Gasteiger partial charge in [0.1, 0.15) is 12.4 Å². The maximum Gasteiger partial charge on any atom is 0.227 e. The molecule has 0 saturated carbocycles. The number of anilines is 1. The maximum atomic E-state index is 12.4. The molecule has 0 radical (unpaired) electrons. The fraction of sp³-hybridized carbons (Fsp3) is 0.333. The summed E-state index contributed by atoms with van der Waals surface area (Å²) in [6.45, 7) is 6.94. The van der Waals surface area contributed by atoms with E-state index in [1.807, 2.05) is 63.2 Å². The molecule has 1 aliphatic heterocycles. The minimum Gasteiger partial charge on any atom is -0.481 e. The van der Waals surface area contributed by atoms with Crippen LogP contribution in [0.2, 0.25) is 0 Å². The Balaban J connectivity index is 1.46. The van der Waals surface area contributed by atoms with E-state index in [2.05, 4.69) is 17.2 Å². The van der Waals surface area contributed by atoms with Crippen molar-refractivity contribution in [2.24, 2.45) is 5.92 Å². The third-order valence-electron chi connectivity index (χ3n) is 5.17. The lowest BCUT2D eigenvalue weighted by atomic mass is 10.1. The third kappa shape index (κ3) is 5.17. The van der Waals surface area contributed by atoms with Gasteiger partial charge in [0.05, 0.1) is 12.5 Å². The van der Waals surface area contributed by atoms with Crippen molar-refractivity contribution in [3.8, 4) is 17.6 Å². The van der Waals surface area contributed by atoms with Crippen molar-refractivity contribution in [3.63, 3.8) is 0 Å². The van der Waals surface area contributed by atoms with Crippen LogP contribution in [0.1, 0.15) is 23.1 Å². The molecule has 1 atom stereocenters. The molecule has 29 heavy (non-hydrogen) atoms. The van der Waals surface area contributed by atoms with E-state index in [1.165, 1.54) is 5.56 Å². The number of hydrogen-bond acceptors (Lipinski definition) is 3. The van der Waals surface area contributed by atoms with Crippen molar-refractivity contribution >= 4 is 17.5 Å². The Labute approximate surface area is 172 Å². The molecular weight excluding hydrogens is 364 g/mol. The molecule has 2 amide bonds. The first-order valence-electron chi connectivity index (χ1n) is 9.75. The normalized spacial score (nSPS) is 15.6. The Bertz CT molecular complexity index is 972. The van der Waals surface area contributed by atoms with Gasteiger partial charge in [0.25, 0.3) is 0 Å². The van der Waals surface area contributed by atoms with Crippen molar-refractivity contribution < 1.29 is 14.3 Å². The van der Waals surface area contributed by atoms with E-state index in [0.717, 1.165) is 22.6 Å². The second kappa shape index (κ2) is 9.29. The molecule has 5 nitrogen and oxygen atoms in total. The van der Waals surface area contributed by atoms with E-state index in [-0.39, 0.29) is 37.3 Å². The summed E-state index contributed by atoms with van der Waals surface area (Å²) >= 11 is 0. The fourth-order valence-electron chi connectivity index (χ4n) is 3.25. The molecule has 1 unspecified atom stereocenters. The molecule has 2 aromatic rings. The maximum absolute atomic E-state index is 12.4. The number of carbonyl (C=O) groups is 2. The van der Waals surface area contributed by atoms with Crippen molar-refractivity contribution in [2.75, 3.05) is 24.6 Å². The highest BCUT2D eigenvalue weighted by molar-refractivity contribution is 6.00. The summed E-state index contributed by atoms with van der Waals surface area (Å²) in [4.78, 5) is 26.5. The first-order chi connectivity index (χ1) is 14.0. The van der Waals surface area contributed by atoms with Gasteiger partial charge in [-0.3, -0.25) is 9.59 Å². The van der Waals surface area contributed by atoms with E-state index >= 15 is 0 Å². The molecule has 1 N–H and O–H groups in total. The molecule has 0 aromatic heterocycles. The molecule has 0 aliphatic carbocycles. The van der Waals surface area contributed by atoms with E-state index in [9.17, 15) is 9.59 Å². The second-order valence-electron chi connectivity index (χ2n) is 7.30. The molecule has 150 valence electrons. The van der Waals surface area contributed by atoms with Gasteiger partial charge in [0.2, 0.25) is 11.8 Å². The first-order valence-corrected chi connectivity index (χ1v) is 9.75. The summed E-state index contributed by atoms with van der Waals surface area (Å²) in [5.41, 5.74) is 4.22. The lowest BCUT2D eigenvalue weighted by Gasteiger charge is -2.17. The number of carbonyl (C=O) groups excluding carboxylic acids is 2. The van der Waals surface area contributed by atoms with Crippen LogP contribution >= 0.6 is 0 Å². The quantitative estimate of drug-likeness (QED) is 0.798. The van der Waals surface area contributed by atoms with Crippen molar-refractivity contribution in [1.82, 2.24) is 5.32 Å². The number of nitrogens with zero attached hydrogens (tertiary/aromatic N) is 1. The van der Waals surface area contributed by atoms with Gasteiger partial charge in [0, 0.05) is 18.7 Å². The van der Waals surface area contributed by atoms with Crippen LogP contribution in [-0.4, -0.2) is 31.5 Å². The highest BCUT2D eigenvalue weighted by Gasteiger charge is 2.34. The van der Waals surface area contributed by atoms with Crippen LogP contribution in [0.4, 0.5) is 5.69 Å². The average molecular weight is 390 g/mol. The third-order valence-corrected chi connectivity index (χ3v) is 5.17. The number of aryl methyl sites for hydroxylation is 3. The molecule has 1 heterocycles. The van der Waals surface area contributed by atoms with Crippen molar-refractivity contribution in [1.29, 1.82) is 0 Å². The number of amides is 2. The molecule has 1 aliphatic rings. The fourth-order valence-corrected chi connectivity index (χ4v) is 3.25. The Kier molecular flexibility index (Phi) is 6.56. The van der Waals surface area contributed by atoms with Crippen LogP contribution in [0.5, 0.6) is 5.75 Å². The summed E-state index contributed by atoms with van der Waals surface area (Å²) < 4.78 is 5.60. The van der Waals surface area contributed by atoms with Crippen LogP contribution in [0.3, 0.4) is 0 Å². The molecular formula is C24H26N2O3. The molecule has 2 aromatic carbocycles. The van der Waals surface area contributed by atoms with Crippen LogP contribution in [0.15, 0.2) is 42.5 Å². The molecule has 5 heteroatoms. The lowest BCUT2D eigenvalue weighted by molar-refractivity contribution is -0.126. The summed E-state index contributed by atoms with van der Waals surface area (Å²) in [6, 6.07) is 13.7. The van der Waals surface area contributed by atoms with E-state index in [1.54, 1.807) is 4.90 Å². The predicted molar refractivity (Wildman–Crippen MR) is 114 cm³/mol. The summed E-state index contributed by atoms with van der Waals surface area (Å²) in [5.74, 6) is 6.08. The highest BCUT2D eigenvalue weighted by atomic mass is 16.5. The van der Waals surface area contributed by atoms with Gasteiger partial charge in [-0.05, 0) is 55.7 Å². The van der Waals surface area contributed by atoms with Gasteiger partial charge in [0.15, 0.2) is 0 Å². The number of rotatable bonds is 5. The van der Waals surface area contributed by atoms with Crippen molar-refractivity contribution in [2.45, 2.75) is 27.2 Å². The summed E-state index contributed by atoms with van der Waals surface area (Å²) in [5, 5.41) is 2.80. The summed E-state index contributed by atoms with van der Waals surface area (Å²) in [7, 11) is 0. The number of ether oxygens (including phenoxy) is 1. The first kappa shape index (κ1) is 20.5. The topological polar surface area (TPSA) is 58.6 Å². The van der Waals surface area contributed by atoms with Gasteiger partial charge in [-0.25, -0.2) is 0 Å². The second-order valence-corrected chi connectivity index (χ2v) is 7.30. The molecule has 0 bridgehead atoms. The Hall–Kier alpha value is -3.26. The predicted octanol–water partition coefficient (Wildman–Crippen LogP) is 3.16. The smallest absolute Gasteiger partial charge is 0.227 e. The Morgan fingerprint density at radius 2 is 1.90 bits per heavy atom. The summed E-state index contributed by atoms with van der Waals surface area (Å²) in [6.07, 6.45) is 0.225. The standard InChI is InChI=1S/C24H26N2O3/c1-17-10-11-21(14-19(17)3)26-16-20(15-23(26)27)24(28)25-12-6-7-13-29-22-9-5-4-8-18(22)2/h4-5,8-11,14,20H,12-13,15-16H2,1-3H3,(H,25,28). The van der Waals surface area contributed by atoms with Crippen LogP contribution in [-0.2, 0) is 9.59 Å². The zero-order valence-electron chi connectivity index (χ0n) is 17.1. The lowest BCUT2D eigenvalue weighted by Crippen LogP contribution is -2.33. The molecule has 0 spiro atoms. The van der Waals surface area contributed by atoms with Gasteiger partial charge < -0.3 is 15.0 Å². The van der Waals surface area contributed by atoms with Gasteiger partial charge in [-0.2, -0.15) is 0 Å². The van der Waals surface area contributed by atoms with Crippen LogP contribution < -0.4 is 15.0 Å².